The molecule has 2 atom stereocenters. The van der Waals surface area contributed by atoms with Crippen LogP contribution in [0.15, 0.2) is 30.3 Å². The smallest absolute Gasteiger partial charge is 0.0318 e. The first kappa shape index (κ1) is 11.6. The van der Waals surface area contributed by atoms with Crippen LogP contribution < -0.4 is 10.6 Å². The lowest BCUT2D eigenvalue weighted by Crippen LogP contribution is -2.35. The second-order valence-corrected chi connectivity index (χ2v) is 4.57. The minimum atomic E-state index is 0.503. The molecule has 0 aliphatic carbocycles. The predicted octanol–water partition coefficient (Wildman–Crippen LogP) is 2.48. The average Bonchev–Trinajstić information content (AvgIpc) is 2.84. The Bertz CT molecular complexity index is 291. The van der Waals surface area contributed by atoms with Gasteiger partial charge in [0, 0.05) is 18.6 Å². The molecule has 1 heterocycles. The fourth-order valence-corrected chi connectivity index (χ4v) is 2.40. The molecule has 1 fully saturated rings. The lowest BCUT2D eigenvalue weighted by Gasteiger charge is -2.20. The van der Waals surface area contributed by atoms with E-state index in [-0.39, 0.29) is 0 Å². The molecule has 16 heavy (non-hydrogen) atoms. The van der Waals surface area contributed by atoms with Gasteiger partial charge in [0.25, 0.3) is 0 Å². The lowest BCUT2D eigenvalue weighted by molar-refractivity contribution is 0.462. The molecule has 1 saturated heterocycles. The Hall–Kier alpha value is -0.860. The van der Waals surface area contributed by atoms with Crippen LogP contribution in [0.2, 0.25) is 0 Å². The fourth-order valence-electron chi connectivity index (χ4n) is 2.40. The van der Waals surface area contributed by atoms with Crippen molar-refractivity contribution in [1.82, 2.24) is 10.6 Å². The average molecular weight is 218 g/mol. The largest absolute Gasteiger partial charge is 0.313 e. The van der Waals surface area contributed by atoms with Crippen molar-refractivity contribution in [3.8, 4) is 0 Å². The zero-order valence-electron chi connectivity index (χ0n) is 10.1. The van der Waals surface area contributed by atoms with Crippen LogP contribution in [0, 0.1) is 0 Å². The van der Waals surface area contributed by atoms with Crippen molar-refractivity contribution in [1.29, 1.82) is 0 Å². The molecule has 1 aliphatic rings. The number of hydrogen-bond acceptors (Lipinski definition) is 2. The molecule has 1 aromatic rings. The maximum absolute atomic E-state index is 3.67. The molecule has 88 valence electrons. The predicted molar refractivity (Wildman–Crippen MR) is 68.5 cm³/mol. The van der Waals surface area contributed by atoms with E-state index in [1.165, 1.54) is 24.9 Å². The summed E-state index contributed by atoms with van der Waals surface area (Å²) in [7, 11) is 0. The van der Waals surface area contributed by atoms with Gasteiger partial charge in [-0.15, -0.1) is 0 Å². The zero-order valence-corrected chi connectivity index (χ0v) is 10.1. The molecular formula is C14H22N2. The van der Waals surface area contributed by atoms with Gasteiger partial charge in [0.2, 0.25) is 0 Å². The quantitative estimate of drug-likeness (QED) is 0.793. The van der Waals surface area contributed by atoms with E-state index in [2.05, 4.69) is 47.9 Å². The van der Waals surface area contributed by atoms with Crippen molar-refractivity contribution in [2.45, 2.75) is 38.3 Å². The van der Waals surface area contributed by atoms with Crippen LogP contribution in [-0.4, -0.2) is 19.1 Å². The van der Waals surface area contributed by atoms with Crippen LogP contribution in [0.5, 0.6) is 0 Å². The molecule has 0 saturated carbocycles. The number of hydrogen-bond donors (Lipinski definition) is 2. The van der Waals surface area contributed by atoms with Gasteiger partial charge >= 0.3 is 0 Å². The molecule has 0 radical (unpaired) electrons. The van der Waals surface area contributed by atoms with Gasteiger partial charge in [-0.3, -0.25) is 0 Å². The van der Waals surface area contributed by atoms with E-state index in [0.29, 0.717) is 12.1 Å². The highest BCUT2D eigenvalue weighted by Gasteiger charge is 2.15. The Balaban J connectivity index is 1.85. The van der Waals surface area contributed by atoms with Gasteiger partial charge in [-0.25, -0.2) is 0 Å². The van der Waals surface area contributed by atoms with E-state index in [1.807, 2.05) is 0 Å². The number of benzene rings is 1. The fraction of sp³-hybridized carbons (Fsp3) is 0.571. The molecule has 0 amide bonds. The summed E-state index contributed by atoms with van der Waals surface area (Å²) in [6, 6.07) is 11.9. The lowest BCUT2D eigenvalue weighted by atomic mass is 10.0. The summed E-state index contributed by atoms with van der Waals surface area (Å²) >= 11 is 0. The Labute approximate surface area is 98.4 Å². The third-order valence-electron chi connectivity index (χ3n) is 3.38. The maximum atomic E-state index is 3.67. The summed E-state index contributed by atoms with van der Waals surface area (Å²) in [5.41, 5.74) is 1.41. The Morgan fingerprint density at radius 2 is 2.19 bits per heavy atom. The van der Waals surface area contributed by atoms with E-state index in [9.17, 15) is 0 Å². The summed E-state index contributed by atoms with van der Waals surface area (Å²) < 4.78 is 0. The third-order valence-corrected chi connectivity index (χ3v) is 3.38. The van der Waals surface area contributed by atoms with Crippen molar-refractivity contribution < 1.29 is 0 Å². The Morgan fingerprint density at radius 3 is 2.81 bits per heavy atom. The van der Waals surface area contributed by atoms with Gasteiger partial charge in [0.15, 0.2) is 0 Å². The molecule has 1 aliphatic heterocycles. The van der Waals surface area contributed by atoms with Gasteiger partial charge in [-0.05, 0) is 31.4 Å². The first-order chi connectivity index (χ1) is 7.90. The van der Waals surface area contributed by atoms with Gasteiger partial charge in [-0.1, -0.05) is 37.3 Å². The molecule has 2 N–H and O–H groups in total. The Morgan fingerprint density at radius 1 is 1.38 bits per heavy atom. The second-order valence-electron chi connectivity index (χ2n) is 4.57. The first-order valence-corrected chi connectivity index (χ1v) is 6.42. The van der Waals surface area contributed by atoms with E-state index in [1.54, 1.807) is 0 Å². The van der Waals surface area contributed by atoms with Crippen LogP contribution in [0.1, 0.15) is 37.8 Å². The van der Waals surface area contributed by atoms with Gasteiger partial charge in [0.1, 0.15) is 0 Å². The van der Waals surface area contributed by atoms with Crippen molar-refractivity contribution in [3.05, 3.63) is 35.9 Å². The maximum Gasteiger partial charge on any atom is 0.0318 e. The molecule has 2 nitrogen and oxygen atoms in total. The SMILES string of the molecule is CCC(NCC1CCCN1)c1ccccc1. The highest BCUT2D eigenvalue weighted by molar-refractivity contribution is 5.18. The molecular weight excluding hydrogens is 196 g/mol. The van der Waals surface area contributed by atoms with Gasteiger partial charge < -0.3 is 10.6 Å². The summed E-state index contributed by atoms with van der Waals surface area (Å²) in [4.78, 5) is 0. The van der Waals surface area contributed by atoms with Gasteiger partial charge in [0.05, 0.1) is 0 Å². The van der Waals surface area contributed by atoms with Crippen LogP contribution in [0.3, 0.4) is 0 Å². The van der Waals surface area contributed by atoms with Crippen molar-refractivity contribution in [3.63, 3.8) is 0 Å². The zero-order chi connectivity index (χ0) is 11.2. The van der Waals surface area contributed by atoms with Crippen LogP contribution >= 0.6 is 0 Å². The molecule has 2 heteroatoms. The monoisotopic (exact) mass is 218 g/mol. The van der Waals surface area contributed by atoms with E-state index >= 15 is 0 Å². The summed E-state index contributed by atoms with van der Waals surface area (Å²) in [5, 5.41) is 7.19. The Kier molecular flexibility index (Phi) is 4.37. The molecule has 2 rings (SSSR count). The first-order valence-electron chi connectivity index (χ1n) is 6.42. The van der Waals surface area contributed by atoms with E-state index < -0.39 is 0 Å². The van der Waals surface area contributed by atoms with Crippen molar-refractivity contribution >= 4 is 0 Å². The standard InChI is InChI=1S/C14H22N2/c1-2-14(12-7-4-3-5-8-12)16-11-13-9-6-10-15-13/h3-5,7-8,13-16H,2,6,9-11H2,1H3. The second kappa shape index (κ2) is 6.02. The molecule has 0 bridgehead atoms. The number of rotatable bonds is 5. The molecule has 0 aromatic heterocycles. The molecule has 2 unspecified atom stereocenters. The molecule has 1 aromatic carbocycles. The van der Waals surface area contributed by atoms with Crippen molar-refractivity contribution in [2.75, 3.05) is 13.1 Å². The van der Waals surface area contributed by atoms with Crippen LogP contribution in [-0.2, 0) is 0 Å². The highest BCUT2D eigenvalue weighted by atomic mass is 15.0. The normalized spacial score (nSPS) is 22.2. The summed E-state index contributed by atoms with van der Waals surface area (Å²) in [5.74, 6) is 0. The minimum Gasteiger partial charge on any atom is -0.313 e. The number of nitrogens with one attached hydrogen (secondary N) is 2. The third kappa shape index (κ3) is 3.06. The summed E-state index contributed by atoms with van der Waals surface area (Å²) in [6.07, 6.45) is 3.80. The topological polar surface area (TPSA) is 24.1 Å². The van der Waals surface area contributed by atoms with Crippen LogP contribution in [0.4, 0.5) is 0 Å². The van der Waals surface area contributed by atoms with E-state index in [0.717, 1.165) is 13.0 Å². The van der Waals surface area contributed by atoms with Crippen molar-refractivity contribution in [2.24, 2.45) is 0 Å². The van der Waals surface area contributed by atoms with Gasteiger partial charge in [-0.2, -0.15) is 0 Å². The summed E-state index contributed by atoms with van der Waals surface area (Å²) in [6.45, 7) is 4.52. The minimum absolute atomic E-state index is 0.503. The molecule has 0 spiro atoms. The highest BCUT2D eigenvalue weighted by Crippen LogP contribution is 2.16. The van der Waals surface area contributed by atoms with E-state index in [4.69, 9.17) is 0 Å². The van der Waals surface area contributed by atoms with Crippen LogP contribution in [0.25, 0.3) is 0 Å².